The first-order valence-electron chi connectivity index (χ1n) is 9.02. The first kappa shape index (κ1) is 18.4. The van der Waals surface area contributed by atoms with Gasteiger partial charge >= 0.3 is 0 Å². The third kappa shape index (κ3) is 3.56. The van der Waals surface area contributed by atoms with Gasteiger partial charge in [0.2, 0.25) is 5.78 Å². The second kappa shape index (κ2) is 7.56. The van der Waals surface area contributed by atoms with E-state index in [1.165, 1.54) is 12.5 Å². The number of halogens is 1. The van der Waals surface area contributed by atoms with Crippen LogP contribution in [0.2, 0.25) is 0 Å². The normalized spacial score (nSPS) is 10.9. The Bertz CT molecular complexity index is 1170. The largest absolute Gasteiger partial charge is 0.313 e. The van der Waals surface area contributed by atoms with E-state index >= 15 is 0 Å². The first-order valence-corrected chi connectivity index (χ1v) is 9.81. The Balaban J connectivity index is 1.79. The van der Waals surface area contributed by atoms with Crippen molar-refractivity contribution in [3.8, 4) is 0 Å². The van der Waals surface area contributed by atoms with E-state index in [2.05, 4.69) is 28.1 Å². The Labute approximate surface area is 171 Å². The summed E-state index contributed by atoms with van der Waals surface area (Å²) in [5, 5.41) is 0. The molecule has 0 amide bonds. The Hall–Kier alpha value is -2.98. The molecule has 0 aliphatic carbocycles. The first-order chi connectivity index (χ1) is 13.5. The molecule has 0 spiro atoms. The molecule has 2 heterocycles. The van der Waals surface area contributed by atoms with Crippen LogP contribution in [0.4, 0.5) is 0 Å². The highest BCUT2D eigenvalue weighted by Crippen LogP contribution is 2.23. The quantitative estimate of drug-likeness (QED) is 0.378. The third-order valence-electron chi connectivity index (χ3n) is 4.81. The minimum absolute atomic E-state index is 0.0517. The van der Waals surface area contributed by atoms with E-state index in [4.69, 9.17) is 0 Å². The van der Waals surface area contributed by atoms with Crippen LogP contribution in [0.15, 0.2) is 83.5 Å². The molecule has 28 heavy (non-hydrogen) atoms. The average molecular weight is 432 g/mol. The smallest absolute Gasteiger partial charge is 0.209 e. The van der Waals surface area contributed by atoms with Crippen molar-refractivity contribution >= 4 is 33.0 Å². The topological polar surface area (TPSA) is 38.5 Å². The molecule has 0 atom stereocenters. The number of hydrogen-bond donors (Lipinski definition) is 0. The van der Waals surface area contributed by atoms with Crippen LogP contribution in [-0.2, 0) is 6.42 Å². The molecule has 0 fully saturated rings. The molecule has 3 nitrogen and oxygen atoms in total. The number of fused-ring (bicyclic) bond motifs is 1. The van der Waals surface area contributed by atoms with Crippen molar-refractivity contribution in [1.29, 1.82) is 0 Å². The molecule has 0 aliphatic heterocycles. The number of ketones is 2. The van der Waals surface area contributed by atoms with Crippen LogP contribution in [-0.4, -0.2) is 16.0 Å². The van der Waals surface area contributed by atoms with E-state index < -0.39 is 0 Å². The summed E-state index contributed by atoms with van der Waals surface area (Å²) in [4.78, 5) is 25.3. The Morgan fingerprint density at radius 3 is 2.29 bits per heavy atom. The summed E-state index contributed by atoms with van der Waals surface area (Å²) in [5.41, 5.74) is 4.72. The Morgan fingerprint density at radius 1 is 0.893 bits per heavy atom. The van der Waals surface area contributed by atoms with Crippen molar-refractivity contribution in [2.45, 2.75) is 13.3 Å². The van der Waals surface area contributed by atoms with Crippen molar-refractivity contribution in [2.75, 3.05) is 0 Å². The molecule has 0 unspecified atom stereocenters. The maximum Gasteiger partial charge on any atom is 0.209 e. The molecule has 0 radical (unpaired) electrons. The van der Waals surface area contributed by atoms with Crippen LogP contribution in [0.1, 0.15) is 44.5 Å². The van der Waals surface area contributed by atoms with E-state index in [0.29, 0.717) is 16.8 Å². The molecular weight excluding hydrogens is 414 g/mol. The van der Waals surface area contributed by atoms with Crippen LogP contribution < -0.4 is 0 Å². The molecule has 2 aromatic heterocycles. The molecule has 0 saturated carbocycles. The fourth-order valence-corrected chi connectivity index (χ4v) is 3.65. The number of carbonyl (C=O) groups is 2. The van der Waals surface area contributed by atoms with Crippen LogP contribution in [0.3, 0.4) is 0 Å². The fourth-order valence-electron chi connectivity index (χ4n) is 3.39. The van der Waals surface area contributed by atoms with Gasteiger partial charge in [0.25, 0.3) is 0 Å². The van der Waals surface area contributed by atoms with Crippen LogP contribution in [0.5, 0.6) is 0 Å². The maximum absolute atomic E-state index is 13.0. The van der Waals surface area contributed by atoms with Crippen LogP contribution in [0, 0.1) is 0 Å². The lowest BCUT2D eigenvalue weighted by Gasteiger charge is -2.06. The van der Waals surface area contributed by atoms with Crippen LogP contribution >= 0.6 is 15.9 Å². The van der Waals surface area contributed by atoms with E-state index in [1.54, 1.807) is 18.2 Å². The van der Waals surface area contributed by atoms with Crippen molar-refractivity contribution < 1.29 is 9.59 Å². The zero-order chi connectivity index (χ0) is 19.7. The lowest BCUT2D eigenvalue weighted by atomic mass is 10.0. The molecule has 138 valence electrons. The van der Waals surface area contributed by atoms with Crippen LogP contribution in [0.25, 0.3) is 5.52 Å². The predicted octanol–water partition coefficient (Wildman–Crippen LogP) is 5.73. The standard InChI is InChI=1S/C24H18BrNO2/c1-16(27)21-15-23(24(28)19-7-9-20(25)10-8-19)26-12-11-18(14-22(21)26)13-17-5-3-2-4-6-17/h2-12,14-15H,13H2,1H3. The predicted molar refractivity (Wildman–Crippen MR) is 114 cm³/mol. The molecule has 0 bridgehead atoms. The fraction of sp³-hybridized carbons (Fsp3) is 0.0833. The van der Waals surface area contributed by atoms with E-state index in [0.717, 1.165) is 22.0 Å². The van der Waals surface area contributed by atoms with Gasteiger partial charge < -0.3 is 4.40 Å². The highest BCUT2D eigenvalue weighted by molar-refractivity contribution is 9.10. The monoisotopic (exact) mass is 431 g/mol. The molecule has 0 N–H and O–H groups in total. The number of aromatic nitrogens is 1. The number of rotatable bonds is 5. The average Bonchev–Trinajstić information content (AvgIpc) is 3.08. The SMILES string of the molecule is CC(=O)c1cc(C(=O)c2ccc(Br)cc2)n2ccc(Cc3ccccc3)cc12. The van der Waals surface area contributed by atoms with Crippen molar-refractivity contribution in [3.05, 3.63) is 111 Å². The van der Waals surface area contributed by atoms with Gasteiger partial charge in [-0.05, 0) is 66.9 Å². The molecule has 4 heteroatoms. The molecular formula is C24H18BrNO2. The summed E-state index contributed by atoms with van der Waals surface area (Å²) < 4.78 is 2.73. The summed E-state index contributed by atoms with van der Waals surface area (Å²) in [5.74, 6) is -0.157. The van der Waals surface area contributed by atoms with Gasteiger partial charge in [0.1, 0.15) is 0 Å². The van der Waals surface area contributed by atoms with Gasteiger partial charge in [0.15, 0.2) is 5.78 Å². The van der Waals surface area contributed by atoms with E-state index in [9.17, 15) is 9.59 Å². The molecule has 4 rings (SSSR count). The lowest BCUT2D eigenvalue weighted by Crippen LogP contribution is -2.05. The zero-order valence-corrected chi connectivity index (χ0v) is 16.9. The Morgan fingerprint density at radius 2 is 1.61 bits per heavy atom. The second-order valence-corrected chi connectivity index (χ2v) is 7.70. The number of benzene rings is 2. The molecule has 4 aromatic rings. The summed E-state index contributed by atoms with van der Waals surface area (Å²) in [6, 6.07) is 23.1. The van der Waals surface area contributed by atoms with Crippen molar-refractivity contribution in [1.82, 2.24) is 4.40 Å². The number of pyridine rings is 1. The van der Waals surface area contributed by atoms with Crippen molar-refractivity contribution in [3.63, 3.8) is 0 Å². The minimum Gasteiger partial charge on any atom is -0.313 e. The van der Waals surface area contributed by atoms with Gasteiger partial charge in [-0.2, -0.15) is 0 Å². The summed E-state index contributed by atoms with van der Waals surface area (Å²) in [6.45, 7) is 1.53. The number of Topliss-reactive ketones (excluding diaryl/α,β-unsaturated/α-hetero) is 1. The van der Waals surface area contributed by atoms with Gasteiger partial charge in [-0.25, -0.2) is 0 Å². The van der Waals surface area contributed by atoms with E-state index in [1.807, 2.05) is 53.1 Å². The minimum atomic E-state index is -0.106. The third-order valence-corrected chi connectivity index (χ3v) is 5.33. The second-order valence-electron chi connectivity index (χ2n) is 6.79. The summed E-state index contributed by atoms with van der Waals surface area (Å²) >= 11 is 3.39. The zero-order valence-electron chi connectivity index (χ0n) is 15.4. The van der Waals surface area contributed by atoms with Gasteiger partial charge in [-0.15, -0.1) is 0 Å². The van der Waals surface area contributed by atoms with Gasteiger partial charge in [-0.1, -0.05) is 46.3 Å². The van der Waals surface area contributed by atoms with Gasteiger partial charge in [-0.3, -0.25) is 9.59 Å². The molecule has 0 aliphatic rings. The van der Waals surface area contributed by atoms with Crippen molar-refractivity contribution in [2.24, 2.45) is 0 Å². The lowest BCUT2D eigenvalue weighted by molar-refractivity contribution is 0.101. The highest BCUT2D eigenvalue weighted by atomic mass is 79.9. The highest BCUT2D eigenvalue weighted by Gasteiger charge is 2.19. The molecule has 0 saturated heterocycles. The Kier molecular flexibility index (Phi) is 4.97. The van der Waals surface area contributed by atoms with E-state index in [-0.39, 0.29) is 11.6 Å². The number of nitrogens with zero attached hydrogens (tertiary/aromatic N) is 1. The summed E-state index contributed by atoms with van der Waals surface area (Å²) in [7, 11) is 0. The number of carbonyl (C=O) groups excluding carboxylic acids is 2. The molecule has 2 aromatic carbocycles. The van der Waals surface area contributed by atoms with Gasteiger partial charge in [0.05, 0.1) is 11.2 Å². The summed E-state index contributed by atoms with van der Waals surface area (Å²) in [6.07, 6.45) is 2.65. The van der Waals surface area contributed by atoms with Gasteiger partial charge in [0, 0.05) is 21.8 Å². The number of hydrogen-bond acceptors (Lipinski definition) is 2. The maximum atomic E-state index is 13.0.